The second-order valence-electron chi connectivity index (χ2n) is 5.94. The summed E-state index contributed by atoms with van der Waals surface area (Å²) in [5.74, 6) is 0. The summed E-state index contributed by atoms with van der Waals surface area (Å²) in [7, 11) is 2.15. The lowest BCUT2D eigenvalue weighted by molar-refractivity contribution is 0.219. The average Bonchev–Trinajstić information content (AvgIpc) is 2.66. The van der Waals surface area contributed by atoms with Crippen LogP contribution in [0, 0.1) is 11.3 Å². The Morgan fingerprint density at radius 2 is 1.90 bits per heavy atom. The molecule has 1 saturated heterocycles. The number of likely N-dealkylation sites (N-methyl/N-ethyl adjacent to an activating group) is 1. The first-order chi connectivity index (χ1) is 10.3. The van der Waals surface area contributed by atoms with Gasteiger partial charge in [-0.25, -0.2) is 4.99 Å². The summed E-state index contributed by atoms with van der Waals surface area (Å²) in [4.78, 5) is 10.6. The molecule has 0 aromatic carbocycles. The molecule has 4 nitrogen and oxygen atoms in total. The molecule has 2 heterocycles. The molecule has 112 valence electrons. The number of piperazine rings is 1. The molecule has 0 radical (unpaired) electrons. The Bertz CT molecular complexity index is 562. The third-order valence-electron chi connectivity index (χ3n) is 4.39. The van der Waals surface area contributed by atoms with Gasteiger partial charge in [0, 0.05) is 31.1 Å². The van der Waals surface area contributed by atoms with Crippen LogP contribution in [0.2, 0.25) is 0 Å². The van der Waals surface area contributed by atoms with E-state index < -0.39 is 0 Å². The van der Waals surface area contributed by atoms with E-state index in [4.69, 9.17) is 0 Å². The molecule has 0 atom stereocenters. The molecule has 0 saturated carbocycles. The minimum Gasteiger partial charge on any atom is -0.360 e. The molecule has 21 heavy (non-hydrogen) atoms. The molecule has 0 unspecified atom stereocenters. The van der Waals surface area contributed by atoms with Crippen molar-refractivity contribution < 1.29 is 0 Å². The summed E-state index contributed by atoms with van der Waals surface area (Å²) >= 11 is 1.73. The predicted molar refractivity (Wildman–Crippen MR) is 87.5 cm³/mol. The number of fused-ring (bicyclic) bond motifs is 1. The van der Waals surface area contributed by atoms with E-state index in [2.05, 4.69) is 27.9 Å². The predicted octanol–water partition coefficient (Wildman–Crippen LogP) is 2.80. The van der Waals surface area contributed by atoms with Crippen LogP contribution in [-0.2, 0) is 12.8 Å². The normalized spacial score (nSPS) is 20.3. The van der Waals surface area contributed by atoms with Gasteiger partial charge in [0.15, 0.2) is 0 Å². The summed E-state index contributed by atoms with van der Waals surface area (Å²) in [6.07, 6.45) is 7.86. The lowest BCUT2D eigenvalue weighted by Gasteiger charge is -2.30. The second-order valence-corrected chi connectivity index (χ2v) is 7.02. The molecule has 1 fully saturated rings. The quantitative estimate of drug-likeness (QED) is 0.479. The molecule has 3 rings (SSSR count). The van der Waals surface area contributed by atoms with Crippen LogP contribution >= 0.6 is 11.3 Å². The Labute approximate surface area is 130 Å². The summed E-state index contributed by atoms with van der Waals surface area (Å²) in [5.41, 5.74) is 2.12. The number of hydrogen-bond acceptors (Lipinski definition) is 4. The van der Waals surface area contributed by atoms with Gasteiger partial charge in [0.05, 0.1) is 11.9 Å². The Morgan fingerprint density at radius 3 is 2.67 bits per heavy atom. The van der Waals surface area contributed by atoms with Crippen LogP contribution in [0.3, 0.4) is 0 Å². The molecule has 1 aliphatic heterocycles. The average molecular weight is 302 g/mol. The number of hydrogen-bond donors (Lipinski definition) is 0. The summed E-state index contributed by atoms with van der Waals surface area (Å²) in [6, 6.07) is 2.40. The van der Waals surface area contributed by atoms with E-state index in [1.165, 1.54) is 29.7 Å². The van der Waals surface area contributed by atoms with Crippen molar-refractivity contribution in [1.82, 2.24) is 9.80 Å². The zero-order valence-electron chi connectivity index (χ0n) is 12.6. The fraction of sp³-hybridized carbons (Fsp3) is 0.625. The van der Waals surface area contributed by atoms with Crippen molar-refractivity contribution in [2.24, 2.45) is 4.99 Å². The van der Waals surface area contributed by atoms with Gasteiger partial charge in [0.2, 0.25) is 0 Å². The highest BCUT2D eigenvalue weighted by Crippen LogP contribution is 2.38. The van der Waals surface area contributed by atoms with Gasteiger partial charge in [-0.05, 0) is 38.3 Å². The zero-order chi connectivity index (χ0) is 14.7. The standard InChI is InChI=1S/C16H22N4S/c1-19-7-9-20(10-8-19)12-18-16-14(11-17)13-5-3-2-4-6-15(13)21-16/h12H,2-10H2,1H3/b18-12+. The van der Waals surface area contributed by atoms with Gasteiger partial charge in [-0.15, -0.1) is 11.3 Å². The molecule has 5 heteroatoms. The van der Waals surface area contributed by atoms with E-state index in [0.717, 1.165) is 49.6 Å². The molecule has 0 amide bonds. The first kappa shape index (κ1) is 14.6. The van der Waals surface area contributed by atoms with Crippen LogP contribution in [0.15, 0.2) is 4.99 Å². The van der Waals surface area contributed by atoms with Crippen molar-refractivity contribution >= 4 is 22.7 Å². The maximum absolute atomic E-state index is 9.49. The number of rotatable bonds is 2. The maximum atomic E-state index is 9.49. The summed E-state index contributed by atoms with van der Waals surface area (Å²) < 4.78 is 0. The lowest BCUT2D eigenvalue weighted by atomic mass is 10.1. The Hall–Kier alpha value is -1.38. The van der Waals surface area contributed by atoms with E-state index in [1.54, 1.807) is 11.3 Å². The number of nitrogens with zero attached hydrogens (tertiary/aromatic N) is 4. The minimum atomic E-state index is 0.835. The molecular formula is C16H22N4S. The molecule has 1 aromatic heterocycles. The van der Waals surface area contributed by atoms with Crippen LogP contribution in [0.25, 0.3) is 0 Å². The van der Waals surface area contributed by atoms with Crippen LogP contribution in [-0.4, -0.2) is 49.4 Å². The molecule has 0 spiro atoms. The van der Waals surface area contributed by atoms with Gasteiger partial charge in [-0.2, -0.15) is 5.26 Å². The SMILES string of the molecule is CN1CCN(/C=N/c2sc3c(c2C#N)CCCCC3)CC1. The van der Waals surface area contributed by atoms with E-state index >= 15 is 0 Å². The van der Waals surface area contributed by atoms with Gasteiger partial charge >= 0.3 is 0 Å². The third kappa shape index (κ3) is 3.28. The van der Waals surface area contributed by atoms with E-state index in [9.17, 15) is 5.26 Å². The molecule has 0 bridgehead atoms. The van der Waals surface area contributed by atoms with E-state index in [0.29, 0.717) is 0 Å². The van der Waals surface area contributed by atoms with Crippen LogP contribution < -0.4 is 0 Å². The van der Waals surface area contributed by atoms with Crippen LogP contribution in [0.1, 0.15) is 35.3 Å². The highest BCUT2D eigenvalue weighted by molar-refractivity contribution is 7.16. The molecule has 2 aliphatic rings. The number of aryl methyl sites for hydroxylation is 1. The largest absolute Gasteiger partial charge is 0.360 e. The highest BCUT2D eigenvalue weighted by atomic mass is 32.1. The Morgan fingerprint density at radius 1 is 1.14 bits per heavy atom. The van der Waals surface area contributed by atoms with E-state index in [-0.39, 0.29) is 0 Å². The summed E-state index contributed by atoms with van der Waals surface area (Å²) in [6.45, 7) is 4.20. The van der Waals surface area contributed by atoms with Crippen molar-refractivity contribution in [2.75, 3.05) is 33.2 Å². The second kappa shape index (κ2) is 6.59. The van der Waals surface area contributed by atoms with Crippen LogP contribution in [0.4, 0.5) is 5.00 Å². The molecule has 1 aromatic rings. The lowest BCUT2D eigenvalue weighted by Crippen LogP contribution is -2.43. The number of thiophene rings is 1. The minimum absolute atomic E-state index is 0.835. The monoisotopic (exact) mass is 302 g/mol. The fourth-order valence-electron chi connectivity index (χ4n) is 3.01. The number of aliphatic imine (C=N–C) groups is 1. The maximum Gasteiger partial charge on any atom is 0.136 e. The van der Waals surface area contributed by atoms with Crippen molar-refractivity contribution in [1.29, 1.82) is 5.26 Å². The first-order valence-electron chi connectivity index (χ1n) is 7.79. The Balaban J connectivity index is 1.78. The van der Waals surface area contributed by atoms with Crippen molar-refractivity contribution in [2.45, 2.75) is 32.1 Å². The summed E-state index contributed by atoms with van der Waals surface area (Å²) in [5, 5.41) is 10.4. The zero-order valence-corrected chi connectivity index (χ0v) is 13.5. The molecular weight excluding hydrogens is 280 g/mol. The fourth-order valence-corrected chi connectivity index (χ4v) is 4.18. The van der Waals surface area contributed by atoms with Crippen LogP contribution in [0.5, 0.6) is 0 Å². The molecule has 0 N–H and O–H groups in total. The van der Waals surface area contributed by atoms with Crippen molar-refractivity contribution in [3.8, 4) is 6.07 Å². The van der Waals surface area contributed by atoms with Gasteiger partial charge in [0.25, 0.3) is 0 Å². The Kier molecular flexibility index (Phi) is 4.57. The third-order valence-corrected chi connectivity index (χ3v) is 5.59. The highest BCUT2D eigenvalue weighted by Gasteiger charge is 2.19. The van der Waals surface area contributed by atoms with Gasteiger partial charge in [0.1, 0.15) is 11.1 Å². The van der Waals surface area contributed by atoms with Gasteiger partial charge in [-0.3, -0.25) is 0 Å². The van der Waals surface area contributed by atoms with Crippen molar-refractivity contribution in [3.05, 3.63) is 16.0 Å². The van der Waals surface area contributed by atoms with Gasteiger partial charge in [-0.1, -0.05) is 6.42 Å². The first-order valence-corrected chi connectivity index (χ1v) is 8.61. The number of nitriles is 1. The topological polar surface area (TPSA) is 42.6 Å². The van der Waals surface area contributed by atoms with Gasteiger partial charge < -0.3 is 9.80 Å². The van der Waals surface area contributed by atoms with Crippen molar-refractivity contribution in [3.63, 3.8) is 0 Å². The smallest absolute Gasteiger partial charge is 0.136 e. The van der Waals surface area contributed by atoms with E-state index in [1.807, 2.05) is 6.34 Å². The molecule has 1 aliphatic carbocycles.